The van der Waals surface area contributed by atoms with E-state index in [0.29, 0.717) is 24.2 Å². The van der Waals surface area contributed by atoms with Crippen molar-refractivity contribution in [2.45, 2.75) is 6.42 Å². The number of carbonyl (C=O) groups excluding carboxylic acids is 2. The molecule has 0 spiro atoms. The molecule has 1 heterocycles. The Labute approximate surface area is 120 Å². The normalized spacial score (nSPS) is 18.5. The molecule has 1 saturated heterocycles. The molecule has 1 aliphatic rings. The Kier molecular flexibility index (Phi) is 4.04. The molecule has 0 aromatic heterocycles. The van der Waals surface area contributed by atoms with Gasteiger partial charge in [0, 0.05) is 23.4 Å². The highest BCUT2D eigenvalue weighted by atomic mass is 79.9. The number of methoxy groups -OCH3 is 1. The summed E-state index contributed by atoms with van der Waals surface area (Å²) in [6.07, 6.45) is 2.20. The fourth-order valence-electron chi connectivity index (χ4n) is 2.14. The average Bonchev–Trinajstić information content (AvgIpc) is 2.79. The van der Waals surface area contributed by atoms with Crippen LogP contribution < -0.4 is 4.90 Å². The molecule has 0 bridgehead atoms. The van der Waals surface area contributed by atoms with Gasteiger partial charge in [-0.05, 0) is 18.2 Å². The molecule has 100 valence electrons. The van der Waals surface area contributed by atoms with Crippen LogP contribution in [0.15, 0.2) is 35.3 Å². The quantitative estimate of drug-likeness (QED) is 0.634. The number of ether oxygens (including phenoxy) is 1. The van der Waals surface area contributed by atoms with Crippen LogP contribution in [-0.4, -0.2) is 25.5 Å². The Bertz CT molecular complexity index is 541. The number of nitrogens with zero attached hydrogens (tertiary/aromatic N) is 1. The summed E-state index contributed by atoms with van der Waals surface area (Å²) in [6.45, 7) is 4.26. The third-order valence-corrected chi connectivity index (χ3v) is 3.64. The van der Waals surface area contributed by atoms with Crippen LogP contribution in [0, 0.1) is 5.92 Å². The molecule has 4 nitrogen and oxygen atoms in total. The van der Waals surface area contributed by atoms with Crippen LogP contribution in [-0.2, 0) is 9.53 Å². The molecule has 1 unspecified atom stereocenters. The number of amides is 1. The fourth-order valence-corrected chi connectivity index (χ4v) is 2.50. The SMILES string of the molecule is C=CC1CC(=O)N(c2ccc(Br)cc2C(=O)OC)C1. The lowest BCUT2D eigenvalue weighted by atomic mass is 10.1. The molecule has 1 aliphatic heterocycles. The smallest absolute Gasteiger partial charge is 0.340 e. The van der Waals surface area contributed by atoms with E-state index in [-0.39, 0.29) is 11.8 Å². The van der Waals surface area contributed by atoms with E-state index in [2.05, 4.69) is 22.5 Å². The van der Waals surface area contributed by atoms with E-state index in [1.807, 2.05) is 0 Å². The Morgan fingerprint density at radius 2 is 2.32 bits per heavy atom. The van der Waals surface area contributed by atoms with Crippen molar-refractivity contribution < 1.29 is 14.3 Å². The average molecular weight is 324 g/mol. The minimum absolute atomic E-state index is 0.00243. The van der Waals surface area contributed by atoms with Gasteiger partial charge in [0.25, 0.3) is 0 Å². The number of rotatable bonds is 3. The minimum atomic E-state index is -0.453. The van der Waals surface area contributed by atoms with E-state index in [1.165, 1.54) is 7.11 Å². The lowest BCUT2D eigenvalue weighted by Crippen LogP contribution is -2.26. The second kappa shape index (κ2) is 5.57. The predicted molar refractivity (Wildman–Crippen MR) is 76.1 cm³/mol. The molecule has 2 rings (SSSR count). The fraction of sp³-hybridized carbons (Fsp3) is 0.286. The molecule has 1 atom stereocenters. The highest BCUT2D eigenvalue weighted by Gasteiger charge is 2.31. The molecule has 1 amide bonds. The van der Waals surface area contributed by atoms with E-state index in [0.717, 1.165) is 4.47 Å². The predicted octanol–water partition coefficient (Wildman–Crippen LogP) is 2.77. The van der Waals surface area contributed by atoms with Crippen LogP contribution in [0.2, 0.25) is 0 Å². The molecular weight excluding hydrogens is 310 g/mol. The standard InChI is InChI=1S/C14H14BrNO3/c1-3-9-6-13(17)16(8-9)12-5-4-10(15)7-11(12)14(18)19-2/h3-5,7,9H,1,6,8H2,2H3. The van der Waals surface area contributed by atoms with Crippen molar-refractivity contribution in [1.82, 2.24) is 0 Å². The zero-order chi connectivity index (χ0) is 14.0. The van der Waals surface area contributed by atoms with Crippen molar-refractivity contribution in [2.75, 3.05) is 18.6 Å². The van der Waals surface area contributed by atoms with E-state index >= 15 is 0 Å². The summed E-state index contributed by atoms with van der Waals surface area (Å²) >= 11 is 3.32. The van der Waals surface area contributed by atoms with Gasteiger partial charge in [-0.3, -0.25) is 4.79 Å². The number of halogens is 1. The zero-order valence-electron chi connectivity index (χ0n) is 10.6. The summed E-state index contributed by atoms with van der Waals surface area (Å²) in [6, 6.07) is 5.21. The second-order valence-corrected chi connectivity index (χ2v) is 5.27. The third-order valence-electron chi connectivity index (χ3n) is 3.14. The van der Waals surface area contributed by atoms with Crippen molar-refractivity contribution in [3.63, 3.8) is 0 Å². The summed E-state index contributed by atoms with van der Waals surface area (Å²) in [7, 11) is 1.32. The molecule has 0 N–H and O–H groups in total. The van der Waals surface area contributed by atoms with Gasteiger partial charge in [0.1, 0.15) is 0 Å². The maximum atomic E-state index is 12.0. The van der Waals surface area contributed by atoms with Crippen LogP contribution in [0.4, 0.5) is 5.69 Å². The number of carbonyl (C=O) groups is 2. The van der Waals surface area contributed by atoms with Crippen LogP contribution in [0.1, 0.15) is 16.8 Å². The van der Waals surface area contributed by atoms with Crippen LogP contribution in [0.25, 0.3) is 0 Å². The van der Waals surface area contributed by atoms with Crippen LogP contribution in [0.3, 0.4) is 0 Å². The van der Waals surface area contributed by atoms with Crippen LogP contribution in [0.5, 0.6) is 0 Å². The van der Waals surface area contributed by atoms with Crippen molar-refractivity contribution >= 4 is 33.5 Å². The monoisotopic (exact) mass is 323 g/mol. The molecular formula is C14H14BrNO3. The van der Waals surface area contributed by atoms with Gasteiger partial charge in [0.05, 0.1) is 18.4 Å². The number of anilines is 1. The Hall–Kier alpha value is -1.62. The Morgan fingerprint density at radius 1 is 1.58 bits per heavy atom. The third kappa shape index (κ3) is 2.71. The summed E-state index contributed by atoms with van der Waals surface area (Å²) in [5, 5.41) is 0. The van der Waals surface area contributed by atoms with Crippen LogP contribution >= 0.6 is 15.9 Å². The van der Waals surface area contributed by atoms with Crippen molar-refractivity contribution in [1.29, 1.82) is 0 Å². The summed E-state index contributed by atoms with van der Waals surface area (Å²) < 4.78 is 5.53. The second-order valence-electron chi connectivity index (χ2n) is 4.36. The first-order valence-corrected chi connectivity index (χ1v) is 6.67. The van der Waals surface area contributed by atoms with Crippen molar-refractivity contribution in [3.8, 4) is 0 Å². The maximum absolute atomic E-state index is 12.0. The summed E-state index contributed by atoms with van der Waals surface area (Å²) in [4.78, 5) is 25.4. The molecule has 0 radical (unpaired) electrons. The number of esters is 1. The molecule has 5 heteroatoms. The first-order valence-electron chi connectivity index (χ1n) is 5.87. The largest absolute Gasteiger partial charge is 0.465 e. The molecule has 1 fully saturated rings. The van der Waals surface area contributed by atoms with Gasteiger partial charge in [0.15, 0.2) is 0 Å². The highest BCUT2D eigenvalue weighted by molar-refractivity contribution is 9.10. The Morgan fingerprint density at radius 3 is 2.89 bits per heavy atom. The van der Waals surface area contributed by atoms with Crippen molar-refractivity contribution in [2.24, 2.45) is 5.92 Å². The zero-order valence-corrected chi connectivity index (χ0v) is 12.1. The van der Waals surface area contributed by atoms with Gasteiger partial charge < -0.3 is 9.64 Å². The van der Waals surface area contributed by atoms with Gasteiger partial charge >= 0.3 is 5.97 Å². The first kappa shape index (κ1) is 13.8. The number of hydrogen-bond donors (Lipinski definition) is 0. The molecule has 19 heavy (non-hydrogen) atoms. The molecule has 1 aromatic carbocycles. The maximum Gasteiger partial charge on any atom is 0.340 e. The number of hydrogen-bond acceptors (Lipinski definition) is 3. The number of benzene rings is 1. The topological polar surface area (TPSA) is 46.6 Å². The molecule has 0 aliphatic carbocycles. The van der Waals surface area contributed by atoms with E-state index in [9.17, 15) is 9.59 Å². The molecule has 0 saturated carbocycles. The van der Waals surface area contributed by atoms with Gasteiger partial charge in [-0.2, -0.15) is 0 Å². The van der Waals surface area contributed by atoms with E-state index < -0.39 is 5.97 Å². The Balaban J connectivity index is 2.42. The van der Waals surface area contributed by atoms with E-state index in [1.54, 1.807) is 29.2 Å². The van der Waals surface area contributed by atoms with Crippen molar-refractivity contribution in [3.05, 3.63) is 40.9 Å². The van der Waals surface area contributed by atoms with E-state index in [4.69, 9.17) is 4.74 Å². The highest BCUT2D eigenvalue weighted by Crippen LogP contribution is 2.30. The van der Waals surface area contributed by atoms with Gasteiger partial charge in [-0.1, -0.05) is 22.0 Å². The lowest BCUT2D eigenvalue weighted by Gasteiger charge is -2.19. The van der Waals surface area contributed by atoms with Gasteiger partial charge in [0.2, 0.25) is 5.91 Å². The van der Waals surface area contributed by atoms with Gasteiger partial charge in [-0.15, -0.1) is 6.58 Å². The van der Waals surface area contributed by atoms with Gasteiger partial charge in [-0.25, -0.2) is 4.79 Å². The molecule has 1 aromatic rings. The minimum Gasteiger partial charge on any atom is -0.465 e. The summed E-state index contributed by atoms with van der Waals surface area (Å²) in [5.41, 5.74) is 0.972. The lowest BCUT2D eigenvalue weighted by molar-refractivity contribution is -0.117. The summed E-state index contributed by atoms with van der Waals surface area (Å²) in [5.74, 6) is -0.329. The first-order chi connectivity index (χ1) is 9.06.